The Hall–Kier alpha value is -1.19. The molecule has 0 atom stereocenters. The van der Waals surface area contributed by atoms with E-state index in [2.05, 4.69) is 22.1 Å². The number of ether oxygens (including phenoxy) is 1. The molecule has 0 radical (unpaired) electrons. The summed E-state index contributed by atoms with van der Waals surface area (Å²) in [5.41, 5.74) is 3.40. The smallest absolute Gasteiger partial charge is 0.143 e. The Bertz CT molecular complexity index is 511. The van der Waals surface area contributed by atoms with Gasteiger partial charge in [0, 0.05) is 17.6 Å². The molecule has 0 fully saturated rings. The first-order valence-electron chi connectivity index (χ1n) is 5.80. The molecule has 1 heterocycles. The third kappa shape index (κ3) is 3.18. The van der Waals surface area contributed by atoms with Gasteiger partial charge >= 0.3 is 0 Å². The van der Waals surface area contributed by atoms with Crippen LogP contribution in [0.3, 0.4) is 0 Å². The second-order valence-electron chi connectivity index (χ2n) is 4.11. The molecule has 0 bridgehead atoms. The Labute approximate surface area is 117 Å². The average Bonchev–Trinajstić information content (AvgIpc) is 2.86. The molecule has 0 aliphatic rings. The molecular formula is C14H16ClNOS. The van der Waals surface area contributed by atoms with E-state index in [1.165, 1.54) is 5.56 Å². The normalized spacial score (nSPS) is 10.4. The van der Waals surface area contributed by atoms with Gasteiger partial charge in [0.05, 0.1) is 12.8 Å². The predicted octanol–water partition coefficient (Wildman–Crippen LogP) is 4.37. The molecule has 0 spiro atoms. The first kappa shape index (κ1) is 13.2. The van der Waals surface area contributed by atoms with Crippen LogP contribution in [0.4, 0.5) is 5.69 Å². The maximum atomic E-state index is 6.07. The van der Waals surface area contributed by atoms with Crippen LogP contribution < -0.4 is 10.1 Å². The molecule has 18 heavy (non-hydrogen) atoms. The molecule has 1 aromatic carbocycles. The molecule has 4 heteroatoms. The van der Waals surface area contributed by atoms with Crippen LogP contribution in [0, 0.1) is 6.92 Å². The highest BCUT2D eigenvalue weighted by atomic mass is 35.5. The van der Waals surface area contributed by atoms with Crippen molar-refractivity contribution in [3.8, 4) is 5.75 Å². The van der Waals surface area contributed by atoms with Crippen LogP contribution in [0.2, 0.25) is 5.02 Å². The third-order valence-electron chi connectivity index (χ3n) is 2.79. The minimum absolute atomic E-state index is 0.732. The fourth-order valence-electron chi connectivity index (χ4n) is 1.75. The summed E-state index contributed by atoms with van der Waals surface area (Å²) >= 11 is 7.80. The van der Waals surface area contributed by atoms with E-state index in [0.29, 0.717) is 0 Å². The Morgan fingerprint density at radius 3 is 2.89 bits per heavy atom. The minimum Gasteiger partial charge on any atom is -0.495 e. The second kappa shape index (κ2) is 6.12. The van der Waals surface area contributed by atoms with Crippen molar-refractivity contribution in [1.82, 2.24) is 0 Å². The number of nitrogens with one attached hydrogen (secondary N) is 1. The minimum atomic E-state index is 0.732. The lowest BCUT2D eigenvalue weighted by molar-refractivity contribution is 0.416. The maximum absolute atomic E-state index is 6.07. The van der Waals surface area contributed by atoms with E-state index in [9.17, 15) is 0 Å². The molecule has 1 aromatic heterocycles. The number of benzene rings is 1. The van der Waals surface area contributed by atoms with Gasteiger partial charge in [-0.2, -0.15) is 11.3 Å². The summed E-state index contributed by atoms with van der Waals surface area (Å²) < 4.78 is 5.32. The van der Waals surface area contributed by atoms with Crippen molar-refractivity contribution in [3.05, 3.63) is 45.1 Å². The molecule has 1 N–H and O–H groups in total. The summed E-state index contributed by atoms with van der Waals surface area (Å²) in [7, 11) is 1.66. The molecule has 0 aliphatic carbocycles. The topological polar surface area (TPSA) is 21.3 Å². The summed E-state index contributed by atoms with van der Waals surface area (Å²) in [4.78, 5) is 0. The maximum Gasteiger partial charge on any atom is 0.143 e. The summed E-state index contributed by atoms with van der Waals surface area (Å²) in [5, 5.41) is 8.40. The number of hydrogen-bond donors (Lipinski definition) is 1. The second-order valence-corrected chi connectivity index (χ2v) is 5.30. The van der Waals surface area contributed by atoms with Gasteiger partial charge < -0.3 is 10.1 Å². The molecule has 2 nitrogen and oxygen atoms in total. The van der Waals surface area contributed by atoms with E-state index in [1.807, 2.05) is 19.1 Å². The summed E-state index contributed by atoms with van der Waals surface area (Å²) in [6.07, 6.45) is 1.01. The number of hydrogen-bond acceptors (Lipinski definition) is 3. The van der Waals surface area contributed by atoms with Gasteiger partial charge in [-0.05, 0) is 47.4 Å². The van der Waals surface area contributed by atoms with Crippen LogP contribution in [0.25, 0.3) is 0 Å². The predicted molar refractivity (Wildman–Crippen MR) is 79.3 cm³/mol. The van der Waals surface area contributed by atoms with E-state index in [-0.39, 0.29) is 0 Å². The lowest BCUT2D eigenvalue weighted by Gasteiger charge is -2.12. The first-order chi connectivity index (χ1) is 8.70. The fourth-order valence-corrected chi connectivity index (χ4v) is 2.60. The van der Waals surface area contributed by atoms with Crippen molar-refractivity contribution in [3.63, 3.8) is 0 Å². The largest absolute Gasteiger partial charge is 0.495 e. The van der Waals surface area contributed by atoms with Gasteiger partial charge in [0.2, 0.25) is 0 Å². The summed E-state index contributed by atoms with van der Waals surface area (Å²) in [6, 6.07) is 6.02. The Balaban J connectivity index is 2.02. The van der Waals surface area contributed by atoms with Gasteiger partial charge in [0.15, 0.2) is 0 Å². The van der Waals surface area contributed by atoms with E-state index < -0.39 is 0 Å². The summed E-state index contributed by atoms with van der Waals surface area (Å²) in [5.74, 6) is 0.788. The third-order valence-corrected chi connectivity index (χ3v) is 3.93. The van der Waals surface area contributed by atoms with Crippen molar-refractivity contribution in [2.45, 2.75) is 13.3 Å². The first-order valence-corrected chi connectivity index (χ1v) is 7.12. The van der Waals surface area contributed by atoms with E-state index >= 15 is 0 Å². The quantitative estimate of drug-likeness (QED) is 0.878. The highest BCUT2D eigenvalue weighted by Crippen LogP contribution is 2.30. The van der Waals surface area contributed by atoms with Gasteiger partial charge in [-0.25, -0.2) is 0 Å². The SMILES string of the molecule is COc1cc(Cl)c(C)cc1NCCc1ccsc1. The number of halogens is 1. The number of methoxy groups -OCH3 is 1. The lowest BCUT2D eigenvalue weighted by Crippen LogP contribution is -2.06. The van der Waals surface area contributed by atoms with Crippen LogP contribution >= 0.6 is 22.9 Å². The molecule has 0 saturated carbocycles. The van der Waals surface area contributed by atoms with Crippen LogP contribution in [0.5, 0.6) is 5.75 Å². The monoisotopic (exact) mass is 281 g/mol. The lowest BCUT2D eigenvalue weighted by atomic mass is 10.2. The van der Waals surface area contributed by atoms with Gasteiger partial charge in [0.25, 0.3) is 0 Å². The van der Waals surface area contributed by atoms with Gasteiger partial charge in [0.1, 0.15) is 5.75 Å². The zero-order valence-electron chi connectivity index (χ0n) is 10.5. The van der Waals surface area contributed by atoms with Crippen molar-refractivity contribution < 1.29 is 4.74 Å². The highest BCUT2D eigenvalue weighted by Gasteiger charge is 2.06. The number of aryl methyl sites for hydroxylation is 1. The molecule has 0 unspecified atom stereocenters. The molecular weight excluding hydrogens is 266 g/mol. The number of thiophene rings is 1. The van der Waals surface area contributed by atoms with Crippen LogP contribution in [-0.4, -0.2) is 13.7 Å². The molecule has 0 saturated heterocycles. The highest BCUT2D eigenvalue weighted by molar-refractivity contribution is 7.07. The fraction of sp³-hybridized carbons (Fsp3) is 0.286. The van der Waals surface area contributed by atoms with Gasteiger partial charge in [-0.1, -0.05) is 11.6 Å². The zero-order valence-corrected chi connectivity index (χ0v) is 12.1. The van der Waals surface area contributed by atoms with E-state index in [1.54, 1.807) is 18.4 Å². The molecule has 2 aromatic rings. The van der Waals surface area contributed by atoms with Crippen molar-refractivity contribution >= 4 is 28.6 Å². The Morgan fingerprint density at radius 1 is 1.39 bits per heavy atom. The molecule has 0 amide bonds. The van der Waals surface area contributed by atoms with Crippen molar-refractivity contribution in [1.29, 1.82) is 0 Å². The van der Waals surface area contributed by atoms with E-state index in [0.717, 1.165) is 35.0 Å². The van der Waals surface area contributed by atoms with E-state index in [4.69, 9.17) is 16.3 Å². The average molecular weight is 282 g/mol. The summed E-state index contributed by atoms with van der Waals surface area (Å²) in [6.45, 7) is 2.87. The van der Waals surface area contributed by atoms with Crippen LogP contribution in [0.1, 0.15) is 11.1 Å². The molecule has 0 aliphatic heterocycles. The molecule has 2 rings (SSSR count). The zero-order chi connectivity index (χ0) is 13.0. The standard InChI is InChI=1S/C14H16ClNOS/c1-10-7-13(14(17-2)8-12(10)15)16-5-3-11-4-6-18-9-11/h4,6-9,16H,3,5H2,1-2H3. The van der Waals surface area contributed by atoms with Crippen molar-refractivity contribution in [2.24, 2.45) is 0 Å². The van der Waals surface area contributed by atoms with Crippen molar-refractivity contribution in [2.75, 3.05) is 19.0 Å². The Morgan fingerprint density at radius 2 is 2.22 bits per heavy atom. The van der Waals surface area contributed by atoms with Crippen LogP contribution in [-0.2, 0) is 6.42 Å². The molecule has 96 valence electrons. The number of anilines is 1. The van der Waals surface area contributed by atoms with Crippen LogP contribution in [0.15, 0.2) is 29.0 Å². The van der Waals surface area contributed by atoms with Gasteiger partial charge in [-0.15, -0.1) is 0 Å². The Kier molecular flexibility index (Phi) is 4.50. The van der Waals surface area contributed by atoms with Gasteiger partial charge in [-0.3, -0.25) is 0 Å². The number of rotatable bonds is 5.